The Morgan fingerprint density at radius 3 is 2.43 bits per heavy atom. The summed E-state index contributed by atoms with van der Waals surface area (Å²) in [6, 6.07) is 19.0. The molecule has 0 saturated heterocycles. The highest BCUT2D eigenvalue weighted by atomic mass is 15.1. The van der Waals surface area contributed by atoms with Crippen molar-refractivity contribution in [3.63, 3.8) is 0 Å². The second-order valence-electron chi connectivity index (χ2n) is 5.20. The predicted octanol–water partition coefficient (Wildman–Crippen LogP) is 4.83. The number of nitrogens with zero attached hydrogens (tertiary/aromatic N) is 1. The molecule has 0 aromatic heterocycles. The topological polar surface area (TPSA) is 3.24 Å². The summed E-state index contributed by atoms with van der Waals surface area (Å²) in [7, 11) is 0. The average molecular weight is 273 g/mol. The van der Waals surface area contributed by atoms with Gasteiger partial charge in [-0.1, -0.05) is 67.8 Å². The Morgan fingerprint density at radius 1 is 0.952 bits per heavy atom. The second kappa shape index (κ2) is 5.84. The van der Waals surface area contributed by atoms with Crippen LogP contribution in [0.25, 0.3) is 6.08 Å². The van der Waals surface area contributed by atoms with Gasteiger partial charge in [0.15, 0.2) is 0 Å². The van der Waals surface area contributed by atoms with E-state index in [1.807, 2.05) is 6.08 Å². The molecular weight excluding hydrogens is 254 g/mol. The summed E-state index contributed by atoms with van der Waals surface area (Å²) in [5.41, 5.74) is 5.93. The van der Waals surface area contributed by atoms with Crippen LogP contribution in [0.15, 0.2) is 85.1 Å². The van der Waals surface area contributed by atoms with Gasteiger partial charge in [0.05, 0.1) is 0 Å². The van der Waals surface area contributed by atoms with Crippen molar-refractivity contribution in [2.75, 3.05) is 11.4 Å². The number of anilines is 1. The van der Waals surface area contributed by atoms with Gasteiger partial charge in [-0.25, -0.2) is 0 Å². The van der Waals surface area contributed by atoms with Gasteiger partial charge in [0.2, 0.25) is 0 Å². The van der Waals surface area contributed by atoms with Crippen LogP contribution in [-0.2, 0) is 6.42 Å². The van der Waals surface area contributed by atoms with E-state index in [9.17, 15) is 0 Å². The largest absolute Gasteiger partial charge is 0.341 e. The molecule has 1 aliphatic rings. The summed E-state index contributed by atoms with van der Waals surface area (Å²) in [5, 5.41) is 0. The Kier molecular flexibility index (Phi) is 3.74. The maximum Gasteiger partial charge on any atom is 0.0484 e. The molecule has 0 unspecified atom stereocenters. The molecule has 2 aromatic rings. The molecular formula is C20H19N. The molecule has 2 aromatic carbocycles. The van der Waals surface area contributed by atoms with E-state index in [-0.39, 0.29) is 0 Å². The Bertz CT molecular complexity index is 695. The van der Waals surface area contributed by atoms with Crippen LogP contribution < -0.4 is 4.90 Å². The Morgan fingerprint density at radius 2 is 1.67 bits per heavy atom. The SMILES string of the molecule is C=CC1=Cc2ccccc2N(CCc2ccccc2)C1=C. The lowest BCUT2D eigenvalue weighted by molar-refractivity contribution is 0.878. The molecule has 1 aliphatic heterocycles. The molecule has 0 N–H and O–H groups in total. The van der Waals surface area contributed by atoms with Crippen molar-refractivity contribution in [2.45, 2.75) is 6.42 Å². The minimum absolute atomic E-state index is 0.922. The lowest BCUT2D eigenvalue weighted by Crippen LogP contribution is -2.28. The van der Waals surface area contributed by atoms with Crippen LogP contribution >= 0.6 is 0 Å². The Labute approximate surface area is 126 Å². The van der Waals surface area contributed by atoms with E-state index in [0.717, 1.165) is 24.2 Å². The molecule has 104 valence electrons. The smallest absolute Gasteiger partial charge is 0.0484 e. The van der Waals surface area contributed by atoms with E-state index in [1.165, 1.54) is 16.8 Å². The highest BCUT2D eigenvalue weighted by Gasteiger charge is 2.19. The van der Waals surface area contributed by atoms with E-state index in [2.05, 4.69) is 78.7 Å². The molecule has 0 amide bonds. The Hall–Kier alpha value is -2.54. The van der Waals surface area contributed by atoms with Crippen molar-refractivity contribution in [1.29, 1.82) is 0 Å². The Balaban J connectivity index is 1.88. The number of para-hydroxylation sites is 1. The molecule has 1 nitrogen and oxygen atoms in total. The maximum absolute atomic E-state index is 4.25. The quantitative estimate of drug-likeness (QED) is 0.771. The van der Waals surface area contributed by atoms with E-state index in [1.54, 1.807) is 0 Å². The van der Waals surface area contributed by atoms with Crippen LogP contribution in [0.2, 0.25) is 0 Å². The fourth-order valence-electron chi connectivity index (χ4n) is 2.73. The normalized spacial score (nSPS) is 13.6. The van der Waals surface area contributed by atoms with Crippen LogP contribution in [0, 0.1) is 0 Å². The fraction of sp³-hybridized carbons (Fsp3) is 0.100. The third kappa shape index (κ3) is 2.68. The number of benzene rings is 2. The number of fused-ring (bicyclic) bond motifs is 1. The molecule has 1 heterocycles. The first kappa shape index (κ1) is 13.4. The van der Waals surface area contributed by atoms with Crippen molar-refractivity contribution in [3.8, 4) is 0 Å². The zero-order valence-corrected chi connectivity index (χ0v) is 12.1. The van der Waals surface area contributed by atoms with Crippen molar-refractivity contribution < 1.29 is 0 Å². The maximum atomic E-state index is 4.25. The second-order valence-corrected chi connectivity index (χ2v) is 5.20. The van der Waals surface area contributed by atoms with E-state index in [0.29, 0.717) is 0 Å². The van der Waals surface area contributed by atoms with Crippen LogP contribution in [0.5, 0.6) is 0 Å². The molecule has 21 heavy (non-hydrogen) atoms. The minimum atomic E-state index is 0.922. The van der Waals surface area contributed by atoms with Gasteiger partial charge in [-0.15, -0.1) is 0 Å². The first-order chi connectivity index (χ1) is 10.3. The zero-order valence-electron chi connectivity index (χ0n) is 12.1. The molecule has 0 radical (unpaired) electrons. The average Bonchev–Trinajstić information content (AvgIpc) is 2.54. The van der Waals surface area contributed by atoms with Crippen LogP contribution in [-0.4, -0.2) is 6.54 Å². The predicted molar refractivity (Wildman–Crippen MR) is 91.2 cm³/mol. The van der Waals surface area contributed by atoms with E-state index in [4.69, 9.17) is 0 Å². The lowest BCUT2D eigenvalue weighted by Gasteiger charge is -2.32. The van der Waals surface area contributed by atoms with Gasteiger partial charge in [0.25, 0.3) is 0 Å². The summed E-state index contributed by atoms with van der Waals surface area (Å²) in [6.07, 6.45) is 5.04. The van der Waals surface area contributed by atoms with Gasteiger partial charge in [0.1, 0.15) is 0 Å². The number of rotatable bonds is 4. The zero-order chi connectivity index (χ0) is 14.7. The number of allylic oxidation sites excluding steroid dienone is 1. The summed E-state index contributed by atoms with van der Waals surface area (Å²) < 4.78 is 0. The monoisotopic (exact) mass is 273 g/mol. The molecule has 1 heteroatoms. The molecule has 3 rings (SSSR count). The van der Waals surface area contributed by atoms with Crippen molar-refractivity contribution >= 4 is 11.8 Å². The molecule has 0 spiro atoms. The summed E-state index contributed by atoms with van der Waals surface area (Å²) in [5.74, 6) is 0. The van der Waals surface area contributed by atoms with Gasteiger partial charge in [0, 0.05) is 17.9 Å². The standard InChI is InChI=1S/C20H19N/c1-3-18-15-19-11-7-8-12-20(19)21(16(18)2)14-13-17-9-5-4-6-10-17/h3-12,15H,1-2,13-14H2. The van der Waals surface area contributed by atoms with Gasteiger partial charge >= 0.3 is 0 Å². The minimum Gasteiger partial charge on any atom is -0.341 e. The van der Waals surface area contributed by atoms with Crippen LogP contribution in [0.4, 0.5) is 5.69 Å². The van der Waals surface area contributed by atoms with Gasteiger partial charge in [-0.05, 0) is 35.3 Å². The number of hydrogen-bond donors (Lipinski definition) is 0. The summed E-state index contributed by atoms with van der Waals surface area (Å²) in [6.45, 7) is 9.07. The van der Waals surface area contributed by atoms with Gasteiger partial charge in [-0.3, -0.25) is 0 Å². The summed E-state index contributed by atoms with van der Waals surface area (Å²) >= 11 is 0. The van der Waals surface area contributed by atoms with Crippen molar-refractivity contribution in [2.24, 2.45) is 0 Å². The third-order valence-corrected chi connectivity index (χ3v) is 3.88. The first-order valence-electron chi connectivity index (χ1n) is 7.23. The summed E-state index contributed by atoms with van der Waals surface area (Å²) in [4.78, 5) is 2.29. The van der Waals surface area contributed by atoms with Gasteiger partial charge in [-0.2, -0.15) is 0 Å². The van der Waals surface area contributed by atoms with E-state index < -0.39 is 0 Å². The molecule has 0 saturated carbocycles. The van der Waals surface area contributed by atoms with E-state index >= 15 is 0 Å². The van der Waals surface area contributed by atoms with Crippen LogP contribution in [0.3, 0.4) is 0 Å². The molecule has 0 bridgehead atoms. The molecule has 0 fully saturated rings. The third-order valence-electron chi connectivity index (χ3n) is 3.88. The highest BCUT2D eigenvalue weighted by Crippen LogP contribution is 2.34. The van der Waals surface area contributed by atoms with Gasteiger partial charge < -0.3 is 4.90 Å². The van der Waals surface area contributed by atoms with Crippen molar-refractivity contribution in [3.05, 3.63) is 96.2 Å². The first-order valence-corrected chi connectivity index (χ1v) is 7.23. The molecule has 0 atom stereocenters. The fourth-order valence-corrected chi connectivity index (χ4v) is 2.73. The lowest BCUT2D eigenvalue weighted by atomic mass is 9.99. The molecule has 0 aliphatic carbocycles. The highest BCUT2D eigenvalue weighted by molar-refractivity contribution is 5.80. The van der Waals surface area contributed by atoms with Crippen LogP contribution in [0.1, 0.15) is 11.1 Å². The number of hydrogen-bond acceptors (Lipinski definition) is 1. The van der Waals surface area contributed by atoms with Crippen molar-refractivity contribution in [1.82, 2.24) is 0 Å².